The van der Waals surface area contributed by atoms with Gasteiger partial charge in [0.2, 0.25) is 5.89 Å². The lowest BCUT2D eigenvalue weighted by Gasteiger charge is -2.21. The highest BCUT2D eigenvalue weighted by Gasteiger charge is 2.19. The van der Waals surface area contributed by atoms with Gasteiger partial charge in [0.05, 0.1) is 6.54 Å². The van der Waals surface area contributed by atoms with Crippen molar-refractivity contribution in [2.75, 3.05) is 45.8 Å². The molecule has 2 rings (SSSR count). The Balaban J connectivity index is 1.99. The Morgan fingerprint density at radius 2 is 1.78 bits per heavy atom. The molecule has 1 aromatic carbocycles. The molecule has 176 valence electrons. The lowest BCUT2D eigenvalue weighted by Crippen LogP contribution is -2.36. The molecule has 3 amide bonds. The van der Waals surface area contributed by atoms with Gasteiger partial charge in [-0.05, 0) is 36.5 Å². The molecule has 0 unspecified atom stereocenters. The van der Waals surface area contributed by atoms with Crippen LogP contribution in [0.4, 0.5) is 10.5 Å². The molecule has 2 N–H and O–H groups in total. The van der Waals surface area contributed by atoms with Gasteiger partial charge < -0.3 is 29.4 Å². The van der Waals surface area contributed by atoms with E-state index in [9.17, 15) is 9.59 Å². The van der Waals surface area contributed by atoms with E-state index in [2.05, 4.69) is 29.5 Å². The minimum atomic E-state index is -0.322. The number of anilines is 1. The van der Waals surface area contributed by atoms with Gasteiger partial charge >= 0.3 is 6.03 Å². The van der Waals surface area contributed by atoms with E-state index in [4.69, 9.17) is 13.9 Å². The monoisotopic (exact) mass is 446 g/mol. The zero-order valence-electron chi connectivity index (χ0n) is 19.3. The first-order chi connectivity index (χ1) is 15.4. The van der Waals surface area contributed by atoms with Crippen molar-refractivity contribution in [1.29, 1.82) is 0 Å². The number of nitrogens with one attached hydrogen (secondary N) is 2. The Morgan fingerprint density at radius 1 is 1.09 bits per heavy atom. The normalized spacial score (nSPS) is 10.9. The zero-order valence-corrected chi connectivity index (χ0v) is 19.3. The number of ether oxygens (including phenoxy) is 2. The number of aromatic nitrogens is 1. The van der Waals surface area contributed by atoms with E-state index < -0.39 is 0 Å². The number of benzene rings is 1. The van der Waals surface area contributed by atoms with Crippen molar-refractivity contribution in [3.63, 3.8) is 0 Å². The number of nitrogens with zero attached hydrogens (tertiary/aromatic N) is 2. The standard InChI is InChI=1S/C23H34N4O5/c1-17(2)18-7-9-19(10-8-18)25-23(29)27(12-6-14-31-4)15-21-26-20(16-32-21)22(28)24-11-5-13-30-3/h7-10,16-17H,5-6,11-15H2,1-4H3,(H,24,28)(H,25,29). The molecule has 0 saturated carbocycles. The number of amides is 3. The van der Waals surface area contributed by atoms with E-state index in [0.717, 1.165) is 0 Å². The van der Waals surface area contributed by atoms with Crippen LogP contribution in [-0.2, 0) is 16.0 Å². The van der Waals surface area contributed by atoms with Crippen LogP contribution in [0.1, 0.15) is 54.5 Å². The molecular formula is C23H34N4O5. The Hall–Kier alpha value is -2.91. The summed E-state index contributed by atoms with van der Waals surface area (Å²) in [6.07, 6.45) is 2.67. The van der Waals surface area contributed by atoms with Crippen molar-refractivity contribution in [1.82, 2.24) is 15.2 Å². The van der Waals surface area contributed by atoms with E-state index in [1.165, 1.54) is 11.8 Å². The van der Waals surface area contributed by atoms with Crippen LogP contribution in [0.25, 0.3) is 0 Å². The summed E-state index contributed by atoms with van der Waals surface area (Å²) in [5.41, 5.74) is 2.09. The average Bonchev–Trinajstić information content (AvgIpc) is 3.25. The third-order valence-corrected chi connectivity index (χ3v) is 4.81. The van der Waals surface area contributed by atoms with Gasteiger partial charge in [-0.1, -0.05) is 26.0 Å². The van der Waals surface area contributed by atoms with E-state index in [0.29, 0.717) is 50.8 Å². The summed E-state index contributed by atoms with van der Waals surface area (Å²) in [6.45, 7) is 6.40. The van der Waals surface area contributed by atoms with Gasteiger partial charge in [-0.2, -0.15) is 0 Å². The molecule has 0 aliphatic carbocycles. The predicted molar refractivity (Wildman–Crippen MR) is 122 cm³/mol. The Morgan fingerprint density at radius 3 is 2.44 bits per heavy atom. The lowest BCUT2D eigenvalue weighted by atomic mass is 10.0. The van der Waals surface area contributed by atoms with Crippen molar-refractivity contribution in [3.8, 4) is 0 Å². The first-order valence-electron chi connectivity index (χ1n) is 10.8. The third kappa shape index (κ3) is 8.32. The maximum atomic E-state index is 12.9. The van der Waals surface area contributed by atoms with Crippen molar-refractivity contribution >= 4 is 17.6 Å². The van der Waals surface area contributed by atoms with Gasteiger partial charge in [0.1, 0.15) is 6.26 Å². The van der Waals surface area contributed by atoms with Crippen molar-refractivity contribution in [2.45, 2.75) is 39.2 Å². The fraction of sp³-hybridized carbons (Fsp3) is 0.522. The van der Waals surface area contributed by atoms with E-state index >= 15 is 0 Å². The summed E-state index contributed by atoms with van der Waals surface area (Å²) >= 11 is 0. The van der Waals surface area contributed by atoms with Crippen LogP contribution in [-0.4, -0.2) is 62.3 Å². The number of hydrogen-bond donors (Lipinski definition) is 2. The molecule has 0 saturated heterocycles. The topological polar surface area (TPSA) is 106 Å². The number of oxazole rings is 1. The van der Waals surface area contributed by atoms with Crippen LogP contribution in [0.15, 0.2) is 34.9 Å². The van der Waals surface area contributed by atoms with Gasteiger partial charge in [-0.15, -0.1) is 0 Å². The summed E-state index contributed by atoms with van der Waals surface area (Å²) in [6, 6.07) is 7.50. The molecule has 1 heterocycles. The van der Waals surface area contributed by atoms with Crippen LogP contribution >= 0.6 is 0 Å². The molecule has 0 aliphatic rings. The Labute approximate surface area is 189 Å². The second kappa shape index (κ2) is 13.5. The lowest BCUT2D eigenvalue weighted by molar-refractivity contribution is 0.0943. The summed E-state index contributed by atoms with van der Waals surface area (Å²) < 4.78 is 15.5. The number of rotatable bonds is 13. The molecule has 9 heteroatoms. The molecule has 0 bridgehead atoms. The largest absolute Gasteiger partial charge is 0.446 e. The average molecular weight is 447 g/mol. The number of hydrogen-bond acceptors (Lipinski definition) is 6. The van der Waals surface area contributed by atoms with Crippen molar-refractivity contribution in [2.24, 2.45) is 0 Å². The SMILES string of the molecule is COCCCNC(=O)c1coc(CN(CCCOC)C(=O)Nc2ccc(C(C)C)cc2)n1. The summed E-state index contributed by atoms with van der Waals surface area (Å²) in [5.74, 6) is 0.383. The predicted octanol–water partition coefficient (Wildman–Crippen LogP) is 3.63. The van der Waals surface area contributed by atoms with Gasteiger partial charge in [0, 0.05) is 46.2 Å². The smallest absolute Gasteiger partial charge is 0.322 e. The molecule has 32 heavy (non-hydrogen) atoms. The highest BCUT2D eigenvalue weighted by Crippen LogP contribution is 2.18. The second-order valence-corrected chi connectivity index (χ2v) is 7.70. The van der Waals surface area contributed by atoms with Gasteiger partial charge in [0.25, 0.3) is 5.91 Å². The van der Waals surface area contributed by atoms with E-state index in [1.54, 1.807) is 19.1 Å². The number of methoxy groups -OCH3 is 2. The van der Waals surface area contributed by atoms with Crippen molar-refractivity contribution < 1.29 is 23.5 Å². The Kier molecular flexibility index (Phi) is 10.7. The van der Waals surface area contributed by atoms with Gasteiger partial charge in [0.15, 0.2) is 5.69 Å². The minimum Gasteiger partial charge on any atom is -0.446 e. The molecule has 0 atom stereocenters. The van der Waals surface area contributed by atoms with Gasteiger partial charge in [-0.25, -0.2) is 9.78 Å². The van der Waals surface area contributed by atoms with E-state index in [1.807, 2.05) is 24.3 Å². The summed E-state index contributed by atoms with van der Waals surface area (Å²) in [5, 5.41) is 5.67. The molecule has 0 aliphatic heterocycles. The molecule has 0 spiro atoms. The molecular weight excluding hydrogens is 412 g/mol. The number of urea groups is 1. The molecule has 0 fully saturated rings. The number of carbonyl (C=O) groups excluding carboxylic acids is 2. The molecule has 1 aromatic heterocycles. The maximum Gasteiger partial charge on any atom is 0.322 e. The highest BCUT2D eigenvalue weighted by molar-refractivity contribution is 5.92. The van der Waals surface area contributed by atoms with Crippen LogP contribution in [0.2, 0.25) is 0 Å². The summed E-state index contributed by atoms with van der Waals surface area (Å²) in [7, 11) is 3.23. The summed E-state index contributed by atoms with van der Waals surface area (Å²) in [4.78, 5) is 30.9. The van der Waals surface area contributed by atoms with Crippen LogP contribution in [0.3, 0.4) is 0 Å². The zero-order chi connectivity index (χ0) is 23.3. The fourth-order valence-electron chi connectivity index (χ4n) is 2.97. The first kappa shape index (κ1) is 25.4. The van der Waals surface area contributed by atoms with Crippen molar-refractivity contribution in [3.05, 3.63) is 47.7 Å². The number of carbonyl (C=O) groups is 2. The third-order valence-electron chi connectivity index (χ3n) is 4.81. The molecule has 0 radical (unpaired) electrons. The fourth-order valence-corrected chi connectivity index (χ4v) is 2.97. The molecule has 9 nitrogen and oxygen atoms in total. The molecule has 2 aromatic rings. The maximum absolute atomic E-state index is 12.9. The highest BCUT2D eigenvalue weighted by atomic mass is 16.5. The van der Waals surface area contributed by atoms with Gasteiger partial charge in [-0.3, -0.25) is 4.79 Å². The van der Waals surface area contributed by atoms with E-state index in [-0.39, 0.29) is 30.1 Å². The van der Waals surface area contributed by atoms with Crippen LogP contribution in [0.5, 0.6) is 0 Å². The quantitative estimate of drug-likeness (QED) is 0.455. The minimum absolute atomic E-state index is 0.135. The second-order valence-electron chi connectivity index (χ2n) is 7.70. The van der Waals surface area contributed by atoms with Crippen LogP contribution in [0, 0.1) is 0 Å². The van der Waals surface area contributed by atoms with Crippen LogP contribution < -0.4 is 10.6 Å². The first-order valence-corrected chi connectivity index (χ1v) is 10.8. The Bertz CT molecular complexity index is 835.